The Kier molecular flexibility index (Phi) is 4.19. The SMILES string of the molecule is CN(c1nnc(SCC(=O)O)s1)C1CCOC1. The van der Waals surface area contributed by atoms with Crippen LogP contribution in [0.5, 0.6) is 0 Å². The highest BCUT2D eigenvalue weighted by molar-refractivity contribution is 8.01. The Balaban J connectivity index is 1.94. The first-order valence-electron chi connectivity index (χ1n) is 5.15. The number of ether oxygens (including phenoxy) is 1. The van der Waals surface area contributed by atoms with Crippen LogP contribution in [0, 0.1) is 0 Å². The molecule has 6 nitrogen and oxygen atoms in total. The summed E-state index contributed by atoms with van der Waals surface area (Å²) in [6, 6.07) is 0.347. The molecule has 1 N–H and O–H groups in total. The Morgan fingerprint density at radius 1 is 1.71 bits per heavy atom. The topological polar surface area (TPSA) is 75.6 Å². The molecule has 1 saturated heterocycles. The van der Waals surface area contributed by atoms with Crippen molar-refractivity contribution in [1.82, 2.24) is 10.2 Å². The second-order valence-corrected chi connectivity index (χ2v) is 5.84. The third-order valence-corrected chi connectivity index (χ3v) is 4.60. The van der Waals surface area contributed by atoms with Crippen LogP contribution in [0.2, 0.25) is 0 Å². The van der Waals surface area contributed by atoms with Crippen molar-refractivity contribution in [2.24, 2.45) is 0 Å². The highest BCUT2D eigenvalue weighted by Gasteiger charge is 2.23. The molecule has 0 aliphatic carbocycles. The Labute approximate surface area is 107 Å². The number of carbonyl (C=O) groups is 1. The van der Waals surface area contributed by atoms with Gasteiger partial charge in [-0.2, -0.15) is 0 Å². The van der Waals surface area contributed by atoms with Crippen LogP contribution in [0.3, 0.4) is 0 Å². The summed E-state index contributed by atoms with van der Waals surface area (Å²) in [4.78, 5) is 12.5. The molecule has 0 bridgehead atoms. The second-order valence-electron chi connectivity index (χ2n) is 3.66. The third-order valence-electron chi connectivity index (χ3n) is 2.47. The zero-order chi connectivity index (χ0) is 12.3. The molecular formula is C9H13N3O3S2. The molecule has 0 aromatic carbocycles. The van der Waals surface area contributed by atoms with Crippen LogP contribution in [0.1, 0.15) is 6.42 Å². The first kappa shape index (κ1) is 12.6. The maximum absolute atomic E-state index is 10.4. The van der Waals surface area contributed by atoms with Crippen LogP contribution in [0.4, 0.5) is 5.13 Å². The van der Waals surface area contributed by atoms with E-state index in [9.17, 15) is 4.79 Å². The minimum absolute atomic E-state index is 0.0187. The highest BCUT2D eigenvalue weighted by atomic mass is 32.2. The molecular weight excluding hydrogens is 262 g/mol. The van der Waals surface area contributed by atoms with Crippen molar-refractivity contribution in [3.8, 4) is 0 Å². The van der Waals surface area contributed by atoms with Crippen molar-refractivity contribution in [2.75, 3.05) is 30.9 Å². The van der Waals surface area contributed by atoms with E-state index >= 15 is 0 Å². The van der Waals surface area contributed by atoms with Crippen molar-refractivity contribution in [3.63, 3.8) is 0 Å². The van der Waals surface area contributed by atoms with E-state index < -0.39 is 5.97 Å². The van der Waals surface area contributed by atoms with Crippen LogP contribution < -0.4 is 4.90 Å². The molecule has 1 aromatic rings. The fourth-order valence-corrected chi connectivity index (χ4v) is 3.10. The molecule has 17 heavy (non-hydrogen) atoms. The zero-order valence-electron chi connectivity index (χ0n) is 9.33. The third kappa shape index (κ3) is 3.30. The molecule has 1 aliphatic rings. The van der Waals surface area contributed by atoms with Gasteiger partial charge in [0.05, 0.1) is 18.4 Å². The van der Waals surface area contributed by atoms with Gasteiger partial charge in [0.15, 0.2) is 4.34 Å². The number of hydrogen-bond acceptors (Lipinski definition) is 7. The van der Waals surface area contributed by atoms with Crippen LogP contribution in [0.15, 0.2) is 4.34 Å². The first-order chi connectivity index (χ1) is 8.16. The minimum atomic E-state index is -0.843. The van der Waals surface area contributed by atoms with Gasteiger partial charge in [-0.15, -0.1) is 10.2 Å². The van der Waals surface area contributed by atoms with Gasteiger partial charge in [0.2, 0.25) is 5.13 Å². The number of thioether (sulfide) groups is 1. The number of rotatable bonds is 5. The molecule has 0 saturated carbocycles. The number of aliphatic carboxylic acids is 1. The zero-order valence-corrected chi connectivity index (χ0v) is 11.0. The molecule has 0 spiro atoms. The Morgan fingerprint density at radius 3 is 3.18 bits per heavy atom. The normalized spacial score (nSPS) is 19.5. The minimum Gasteiger partial charge on any atom is -0.481 e. The molecule has 1 unspecified atom stereocenters. The predicted octanol–water partition coefficient (Wildman–Crippen LogP) is 0.940. The smallest absolute Gasteiger partial charge is 0.313 e. The van der Waals surface area contributed by atoms with Crippen molar-refractivity contribution in [1.29, 1.82) is 0 Å². The lowest BCUT2D eigenvalue weighted by Crippen LogP contribution is -2.31. The van der Waals surface area contributed by atoms with E-state index in [-0.39, 0.29) is 5.75 Å². The maximum Gasteiger partial charge on any atom is 0.313 e. The number of nitrogens with zero attached hydrogens (tertiary/aromatic N) is 3. The lowest BCUT2D eigenvalue weighted by Gasteiger charge is -2.21. The summed E-state index contributed by atoms with van der Waals surface area (Å²) in [6.07, 6.45) is 0.994. The van der Waals surface area contributed by atoms with E-state index in [1.54, 1.807) is 0 Å². The number of carboxylic acids is 1. The summed E-state index contributed by atoms with van der Waals surface area (Å²) in [5, 5.41) is 17.4. The summed E-state index contributed by atoms with van der Waals surface area (Å²) in [7, 11) is 1.96. The van der Waals surface area contributed by atoms with Crippen LogP contribution in [-0.4, -0.2) is 53.3 Å². The number of carboxylic acid groups (broad SMARTS) is 1. The first-order valence-corrected chi connectivity index (χ1v) is 6.95. The summed E-state index contributed by atoms with van der Waals surface area (Å²) < 4.78 is 6.01. The van der Waals surface area contributed by atoms with Gasteiger partial charge in [0, 0.05) is 13.7 Å². The standard InChI is InChI=1S/C9H13N3O3S2/c1-12(6-2-3-15-4-6)8-10-11-9(17-8)16-5-7(13)14/h6H,2-5H2,1H3,(H,13,14). The fourth-order valence-electron chi connectivity index (χ4n) is 1.51. The quantitative estimate of drug-likeness (QED) is 0.801. The van der Waals surface area contributed by atoms with Crippen LogP contribution >= 0.6 is 23.1 Å². The van der Waals surface area contributed by atoms with Crippen LogP contribution in [0.25, 0.3) is 0 Å². The van der Waals surface area contributed by atoms with E-state index in [2.05, 4.69) is 15.1 Å². The summed E-state index contributed by atoms with van der Waals surface area (Å²) in [6.45, 7) is 1.50. The lowest BCUT2D eigenvalue weighted by atomic mass is 10.2. The van der Waals surface area contributed by atoms with Crippen molar-refractivity contribution in [2.45, 2.75) is 16.8 Å². The van der Waals surface area contributed by atoms with Crippen LogP contribution in [-0.2, 0) is 9.53 Å². The molecule has 1 aliphatic heterocycles. The average Bonchev–Trinajstić information content (AvgIpc) is 2.97. The number of anilines is 1. The van der Waals surface area contributed by atoms with E-state index in [4.69, 9.17) is 9.84 Å². The monoisotopic (exact) mass is 275 g/mol. The maximum atomic E-state index is 10.4. The Hall–Kier alpha value is -0.860. The van der Waals surface area contributed by atoms with Gasteiger partial charge in [0.1, 0.15) is 0 Å². The van der Waals surface area contributed by atoms with Gasteiger partial charge in [-0.05, 0) is 6.42 Å². The molecule has 2 heterocycles. The van der Waals surface area contributed by atoms with Gasteiger partial charge in [-0.25, -0.2) is 0 Å². The molecule has 1 atom stereocenters. The molecule has 2 rings (SSSR count). The molecule has 8 heteroatoms. The number of aromatic nitrogens is 2. The number of likely N-dealkylation sites (N-methyl/N-ethyl adjacent to an activating group) is 1. The summed E-state index contributed by atoms with van der Waals surface area (Å²) >= 11 is 2.61. The van der Waals surface area contributed by atoms with E-state index in [0.29, 0.717) is 17.0 Å². The second kappa shape index (κ2) is 5.65. The van der Waals surface area contributed by atoms with E-state index in [1.165, 1.54) is 23.1 Å². The average molecular weight is 275 g/mol. The highest BCUT2D eigenvalue weighted by Crippen LogP contribution is 2.29. The molecule has 1 aromatic heterocycles. The Bertz CT molecular complexity index is 393. The van der Waals surface area contributed by atoms with E-state index in [0.717, 1.165) is 18.2 Å². The van der Waals surface area contributed by atoms with Gasteiger partial charge >= 0.3 is 5.97 Å². The molecule has 1 fully saturated rings. The predicted molar refractivity (Wildman–Crippen MR) is 65.9 cm³/mol. The Morgan fingerprint density at radius 2 is 2.53 bits per heavy atom. The fraction of sp³-hybridized carbons (Fsp3) is 0.667. The van der Waals surface area contributed by atoms with Crippen molar-refractivity contribution in [3.05, 3.63) is 0 Å². The van der Waals surface area contributed by atoms with Gasteiger partial charge in [0.25, 0.3) is 0 Å². The van der Waals surface area contributed by atoms with Gasteiger partial charge < -0.3 is 14.7 Å². The molecule has 0 amide bonds. The number of hydrogen-bond donors (Lipinski definition) is 1. The summed E-state index contributed by atoms with van der Waals surface area (Å²) in [5.41, 5.74) is 0. The summed E-state index contributed by atoms with van der Waals surface area (Å²) in [5.74, 6) is -0.825. The van der Waals surface area contributed by atoms with Crippen molar-refractivity contribution >= 4 is 34.2 Å². The van der Waals surface area contributed by atoms with E-state index in [1.807, 2.05) is 7.05 Å². The van der Waals surface area contributed by atoms with Crippen molar-refractivity contribution < 1.29 is 14.6 Å². The van der Waals surface area contributed by atoms with Gasteiger partial charge in [-0.3, -0.25) is 4.79 Å². The van der Waals surface area contributed by atoms with Gasteiger partial charge in [-0.1, -0.05) is 23.1 Å². The lowest BCUT2D eigenvalue weighted by molar-refractivity contribution is -0.133. The molecule has 94 valence electrons. The molecule has 0 radical (unpaired) electrons. The largest absolute Gasteiger partial charge is 0.481 e.